The highest BCUT2D eigenvalue weighted by molar-refractivity contribution is 6.65. The van der Waals surface area contributed by atoms with E-state index in [2.05, 4.69) is 16.2 Å². The van der Waals surface area contributed by atoms with Crippen LogP contribution in [0.4, 0.5) is 5.69 Å². The molecule has 70 valence electrons. The number of hydrazone groups is 1. The van der Waals surface area contributed by atoms with Gasteiger partial charge in [-0.1, -0.05) is 11.6 Å². The quantitative estimate of drug-likeness (QED) is 0.703. The van der Waals surface area contributed by atoms with Gasteiger partial charge in [-0.15, -0.1) is 0 Å². The summed E-state index contributed by atoms with van der Waals surface area (Å²) in [6.45, 7) is 0. The van der Waals surface area contributed by atoms with Crippen LogP contribution < -0.4 is 5.01 Å². The maximum absolute atomic E-state index is 8.87. The number of hydrogen-bond donors (Lipinski definition) is 0. The highest BCUT2D eigenvalue weighted by Crippen LogP contribution is 2.23. The van der Waals surface area contributed by atoms with Gasteiger partial charge in [-0.3, -0.25) is 4.98 Å². The Morgan fingerprint density at radius 1 is 1.64 bits per heavy atom. The Labute approximate surface area is 86.4 Å². The summed E-state index contributed by atoms with van der Waals surface area (Å²) < 4.78 is 0. The summed E-state index contributed by atoms with van der Waals surface area (Å²) in [5, 5.41) is 15.0. The van der Waals surface area contributed by atoms with Crippen molar-refractivity contribution in [2.24, 2.45) is 5.10 Å². The van der Waals surface area contributed by atoms with E-state index in [9.17, 15) is 0 Å². The number of nitriles is 1. The van der Waals surface area contributed by atoms with Crippen molar-refractivity contribution in [3.8, 4) is 6.07 Å². The maximum Gasteiger partial charge on any atom is 0.145 e. The molecule has 1 aliphatic rings. The molecule has 2 heterocycles. The van der Waals surface area contributed by atoms with Crippen molar-refractivity contribution in [2.75, 3.05) is 5.01 Å². The predicted molar refractivity (Wildman–Crippen MR) is 54.0 cm³/mol. The van der Waals surface area contributed by atoms with Gasteiger partial charge in [-0.2, -0.15) is 10.4 Å². The molecule has 0 saturated heterocycles. The summed E-state index contributed by atoms with van der Waals surface area (Å²) in [5.41, 5.74) is 0.787. The first-order valence-corrected chi connectivity index (χ1v) is 4.51. The van der Waals surface area contributed by atoms with Gasteiger partial charge in [0.25, 0.3) is 0 Å². The number of anilines is 1. The van der Waals surface area contributed by atoms with Gasteiger partial charge in [0.05, 0.1) is 18.0 Å². The molecule has 0 spiro atoms. The standard InChI is InChI=1S/C9H7ClN4/c10-9-4-8(5-11)14(13-9)7-2-1-3-12-6-7/h1-3,6,8H,4H2. The van der Waals surface area contributed by atoms with Crippen LogP contribution >= 0.6 is 11.6 Å². The largest absolute Gasteiger partial charge is 0.262 e. The monoisotopic (exact) mass is 206 g/mol. The van der Waals surface area contributed by atoms with E-state index in [1.807, 2.05) is 6.07 Å². The second-order valence-electron chi connectivity index (χ2n) is 2.88. The van der Waals surface area contributed by atoms with Crippen molar-refractivity contribution in [3.05, 3.63) is 24.5 Å². The number of nitrogens with zero attached hydrogens (tertiary/aromatic N) is 4. The minimum Gasteiger partial charge on any atom is -0.262 e. The fourth-order valence-corrected chi connectivity index (χ4v) is 1.53. The van der Waals surface area contributed by atoms with Crippen LogP contribution in [0.2, 0.25) is 0 Å². The van der Waals surface area contributed by atoms with Crippen LogP contribution in [0.15, 0.2) is 29.6 Å². The molecule has 1 aromatic rings. The first-order chi connectivity index (χ1) is 6.81. The van der Waals surface area contributed by atoms with Crippen molar-refractivity contribution in [1.29, 1.82) is 5.26 Å². The molecule has 1 aromatic heterocycles. The van der Waals surface area contributed by atoms with Crippen molar-refractivity contribution in [3.63, 3.8) is 0 Å². The highest BCUT2D eigenvalue weighted by atomic mass is 35.5. The van der Waals surface area contributed by atoms with Gasteiger partial charge in [0, 0.05) is 12.6 Å². The second kappa shape index (κ2) is 3.64. The van der Waals surface area contributed by atoms with Gasteiger partial charge in [0.15, 0.2) is 0 Å². The molecule has 0 aromatic carbocycles. The lowest BCUT2D eigenvalue weighted by Gasteiger charge is -2.16. The SMILES string of the molecule is N#CC1CC(Cl)=NN1c1cccnc1. The van der Waals surface area contributed by atoms with Crippen molar-refractivity contribution >= 4 is 22.5 Å². The minimum atomic E-state index is -0.313. The van der Waals surface area contributed by atoms with Gasteiger partial charge >= 0.3 is 0 Å². The molecule has 1 aliphatic heterocycles. The molecule has 4 nitrogen and oxygen atoms in total. The zero-order valence-corrected chi connectivity index (χ0v) is 8.02. The van der Waals surface area contributed by atoms with Crippen LogP contribution in [0.3, 0.4) is 0 Å². The molecule has 1 atom stereocenters. The van der Waals surface area contributed by atoms with Crippen molar-refractivity contribution in [1.82, 2.24) is 4.98 Å². The van der Waals surface area contributed by atoms with Crippen LogP contribution in [0.5, 0.6) is 0 Å². The number of aromatic nitrogens is 1. The zero-order valence-electron chi connectivity index (χ0n) is 7.26. The van der Waals surface area contributed by atoms with Crippen LogP contribution in [0.25, 0.3) is 0 Å². The Morgan fingerprint density at radius 2 is 2.50 bits per heavy atom. The van der Waals surface area contributed by atoms with Gasteiger partial charge in [0.1, 0.15) is 11.2 Å². The van der Waals surface area contributed by atoms with Crippen LogP contribution in [0, 0.1) is 11.3 Å². The summed E-state index contributed by atoms with van der Waals surface area (Å²) in [6, 6.07) is 5.47. The molecule has 0 N–H and O–H groups in total. The molecule has 0 saturated carbocycles. The van der Waals surface area contributed by atoms with Crippen LogP contribution in [-0.4, -0.2) is 16.2 Å². The van der Waals surface area contributed by atoms with Crippen molar-refractivity contribution < 1.29 is 0 Å². The average Bonchev–Trinajstić information content (AvgIpc) is 2.61. The van der Waals surface area contributed by atoms with E-state index in [1.54, 1.807) is 23.5 Å². The summed E-state index contributed by atoms with van der Waals surface area (Å²) in [5.74, 6) is 0. The summed E-state index contributed by atoms with van der Waals surface area (Å²) in [4.78, 5) is 3.96. The van der Waals surface area contributed by atoms with Crippen LogP contribution in [-0.2, 0) is 0 Å². The van der Waals surface area contributed by atoms with E-state index < -0.39 is 0 Å². The summed E-state index contributed by atoms with van der Waals surface area (Å²) in [6.07, 6.45) is 3.81. The lowest BCUT2D eigenvalue weighted by Crippen LogP contribution is -2.24. The highest BCUT2D eigenvalue weighted by Gasteiger charge is 2.26. The molecule has 0 bridgehead atoms. The fraction of sp³-hybridized carbons (Fsp3) is 0.222. The first kappa shape index (κ1) is 8.97. The Bertz CT molecular complexity index is 395. The lowest BCUT2D eigenvalue weighted by atomic mass is 10.2. The van der Waals surface area contributed by atoms with Crippen molar-refractivity contribution in [2.45, 2.75) is 12.5 Å². The van der Waals surface area contributed by atoms with Gasteiger partial charge < -0.3 is 0 Å². The Balaban J connectivity index is 2.31. The zero-order chi connectivity index (χ0) is 9.97. The maximum atomic E-state index is 8.87. The summed E-state index contributed by atoms with van der Waals surface area (Å²) in [7, 11) is 0. The molecular weight excluding hydrogens is 200 g/mol. The summed E-state index contributed by atoms with van der Waals surface area (Å²) >= 11 is 5.77. The second-order valence-corrected chi connectivity index (χ2v) is 3.32. The Morgan fingerprint density at radius 3 is 3.14 bits per heavy atom. The van der Waals surface area contributed by atoms with E-state index in [0.29, 0.717) is 11.6 Å². The smallest absolute Gasteiger partial charge is 0.145 e. The van der Waals surface area contributed by atoms with E-state index in [0.717, 1.165) is 5.69 Å². The minimum absolute atomic E-state index is 0.313. The van der Waals surface area contributed by atoms with Gasteiger partial charge in [-0.05, 0) is 12.1 Å². The molecule has 5 heteroatoms. The first-order valence-electron chi connectivity index (χ1n) is 4.13. The molecule has 0 aliphatic carbocycles. The molecular formula is C9H7ClN4. The van der Waals surface area contributed by atoms with E-state index in [-0.39, 0.29) is 6.04 Å². The molecule has 0 amide bonds. The number of halogens is 1. The molecule has 0 fully saturated rings. The topological polar surface area (TPSA) is 52.3 Å². The number of rotatable bonds is 1. The average molecular weight is 207 g/mol. The fourth-order valence-electron chi connectivity index (χ4n) is 1.30. The third-order valence-corrected chi connectivity index (χ3v) is 2.16. The molecule has 1 unspecified atom stereocenters. The third-order valence-electron chi connectivity index (χ3n) is 1.93. The number of hydrogen-bond acceptors (Lipinski definition) is 4. The lowest BCUT2D eigenvalue weighted by molar-refractivity contribution is 0.797. The van der Waals surface area contributed by atoms with E-state index in [4.69, 9.17) is 16.9 Å². The molecule has 14 heavy (non-hydrogen) atoms. The molecule has 2 rings (SSSR count). The predicted octanol–water partition coefficient (Wildman–Crippen LogP) is 1.74. The van der Waals surface area contributed by atoms with E-state index >= 15 is 0 Å². The third kappa shape index (κ3) is 1.54. The normalized spacial score (nSPS) is 20.4. The van der Waals surface area contributed by atoms with E-state index in [1.165, 1.54) is 0 Å². The number of pyridine rings is 1. The Kier molecular flexibility index (Phi) is 2.33. The van der Waals surface area contributed by atoms with Gasteiger partial charge in [-0.25, -0.2) is 5.01 Å². The Hall–Kier alpha value is -1.60. The molecule has 0 radical (unpaired) electrons. The van der Waals surface area contributed by atoms with Crippen LogP contribution in [0.1, 0.15) is 6.42 Å². The van der Waals surface area contributed by atoms with Gasteiger partial charge in [0.2, 0.25) is 0 Å².